The van der Waals surface area contributed by atoms with Crippen LogP contribution in [0.1, 0.15) is 65.7 Å². The molecule has 0 aliphatic heterocycles. The summed E-state index contributed by atoms with van der Waals surface area (Å²) in [5.41, 5.74) is 0. The molecule has 0 saturated carbocycles. The number of hydrogen-bond donors (Lipinski definition) is 0. The highest BCUT2D eigenvalue weighted by Crippen LogP contribution is 2.11. The summed E-state index contributed by atoms with van der Waals surface area (Å²) >= 11 is 0. The van der Waals surface area contributed by atoms with Crippen LogP contribution in [0.25, 0.3) is 0 Å². The van der Waals surface area contributed by atoms with E-state index in [1.807, 2.05) is 13.8 Å². The van der Waals surface area contributed by atoms with Crippen LogP contribution in [0.4, 0.5) is 0 Å². The van der Waals surface area contributed by atoms with Crippen LogP contribution in [-0.4, -0.2) is 19.5 Å². The Hall–Kier alpha value is -0.600. The molecule has 0 bridgehead atoms. The van der Waals surface area contributed by atoms with Crippen molar-refractivity contribution in [1.82, 2.24) is 0 Å². The molecule has 0 amide bonds. The molecule has 112 valence electrons. The third-order valence-electron chi connectivity index (χ3n) is 2.88. The van der Waals surface area contributed by atoms with Gasteiger partial charge in [0.1, 0.15) is 0 Å². The molecule has 0 aliphatic carbocycles. The Kier molecular flexibility index (Phi) is 15.0. The van der Waals surface area contributed by atoms with Gasteiger partial charge >= 0.3 is 0 Å². The van der Waals surface area contributed by atoms with Gasteiger partial charge in [0.15, 0.2) is 6.29 Å². The molecule has 0 aromatic rings. The van der Waals surface area contributed by atoms with Crippen molar-refractivity contribution in [3.05, 3.63) is 24.3 Å². The first-order valence-electron chi connectivity index (χ1n) is 7.89. The predicted octanol–water partition coefficient (Wildman–Crippen LogP) is 5.25. The van der Waals surface area contributed by atoms with Crippen molar-refractivity contribution in [2.45, 2.75) is 72.0 Å². The molecule has 0 aliphatic rings. The van der Waals surface area contributed by atoms with E-state index in [-0.39, 0.29) is 6.29 Å². The van der Waals surface area contributed by atoms with Gasteiger partial charge in [0.25, 0.3) is 0 Å². The second-order valence-electron chi connectivity index (χ2n) is 4.60. The molecule has 0 saturated heterocycles. The second-order valence-corrected chi connectivity index (χ2v) is 4.60. The van der Waals surface area contributed by atoms with Crippen LogP contribution in [0, 0.1) is 0 Å². The molecular formula is C17H32O2. The van der Waals surface area contributed by atoms with E-state index in [0.29, 0.717) is 0 Å². The third kappa shape index (κ3) is 13.6. The van der Waals surface area contributed by atoms with Crippen molar-refractivity contribution in [3.63, 3.8) is 0 Å². The Bertz CT molecular complexity index is 215. The van der Waals surface area contributed by atoms with E-state index in [1.54, 1.807) is 0 Å². The lowest BCUT2D eigenvalue weighted by atomic mass is 10.1. The molecule has 0 radical (unpaired) electrons. The van der Waals surface area contributed by atoms with Crippen LogP contribution in [0.2, 0.25) is 0 Å². The van der Waals surface area contributed by atoms with Crippen LogP contribution in [0.3, 0.4) is 0 Å². The van der Waals surface area contributed by atoms with Crippen molar-refractivity contribution in [1.29, 1.82) is 0 Å². The lowest BCUT2D eigenvalue weighted by molar-refractivity contribution is -0.140. The minimum atomic E-state index is 0.00840. The van der Waals surface area contributed by atoms with Gasteiger partial charge in [0, 0.05) is 13.2 Å². The standard InChI is InChI=1S/C17H32O2/c1-4-7-8-9-10-11-12-13-14-15-16-17(18-5-2)19-6-3/h7-10,17H,4-6,11-16H2,1-3H3. The van der Waals surface area contributed by atoms with Crippen LogP contribution in [0.15, 0.2) is 24.3 Å². The van der Waals surface area contributed by atoms with Crippen molar-refractivity contribution in [3.8, 4) is 0 Å². The molecule has 0 atom stereocenters. The number of allylic oxidation sites excluding steroid dienone is 4. The zero-order valence-electron chi connectivity index (χ0n) is 13.1. The quantitative estimate of drug-likeness (QED) is 0.258. The minimum absolute atomic E-state index is 0.00840. The van der Waals surface area contributed by atoms with Gasteiger partial charge in [-0.05, 0) is 46.0 Å². The smallest absolute Gasteiger partial charge is 0.157 e. The Morgan fingerprint density at radius 2 is 1.42 bits per heavy atom. The Labute approximate surface area is 119 Å². The summed E-state index contributed by atoms with van der Waals surface area (Å²) in [7, 11) is 0. The number of rotatable bonds is 13. The van der Waals surface area contributed by atoms with Gasteiger partial charge in [0.05, 0.1) is 0 Å². The van der Waals surface area contributed by atoms with Gasteiger partial charge in [-0.2, -0.15) is 0 Å². The topological polar surface area (TPSA) is 18.5 Å². The SMILES string of the molecule is CCC=CC=CCCCCCCC(OCC)OCC. The number of hydrogen-bond acceptors (Lipinski definition) is 2. The molecular weight excluding hydrogens is 236 g/mol. The molecule has 0 unspecified atom stereocenters. The second kappa shape index (κ2) is 15.5. The lowest BCUT2D eigenvalue weighted by Gasteiger charge is -2.16. The highest BCUT2D eigenvalue weighted by atomic mass is 16.7. The van der Waals surface area contributed by atoms with Gasteiger partial charge in [-0.15, -0.1) is 0 Å². The Morgan fingerprint density at radius 3 is 2.05 bits per heavy atom. The summed E-state index contributed by atoms with van der Waals surface area (Å²) in [6.45, 7) is 7.67. The summed E-state index contributed by atoms with van der Waals surface area (Å²) in [5.74, 6) is 0. The Balaban J connectivity index is 3.38. The van der Waals surface area contributed by atoms with Crippen LogP contribution in [0.5, 0.6) is 0 Å². The van der Waals surface area contributed by atoms with Crippen molar-refractivity contribution in [2.24, 2.45) is 0 Å². The summed E-state index contributed by atoms with van der Waals surface area (Å²) in [4.78, 5) is 0. The van der Waals surface area contributed by atoms with E-state index in [9.17, 15) is 0 Å². The van der Waals surface area contributed by atoms with Gasteiger partial charge in [-0.25, -0.2) is 0 Å². The maximum absolute atomic E-state index is 5.52. The van der Waals surface area contributed by atoms with Crippen LogP contribution >= 0.6 is 0 Å². The maximum Gasteiger partial charge on any atom is 0.157 e. The molecule has 2 heteroatoms. The first kappa shape index (κ1) is 18.4. The van der Waals surface area contributed by atoms with Gasteiger partial charge < -0.3 is 9.47 Å². The lowest BCUT2D eigenvalue weighted by Crippen LogP contribution is -2.17. The first-order chi connectivity index (χ1) is 9.35. The molecule has 0 aromatic heterocycles. The van der Waals surface area contributed by atoms with E-state index in [1.165, 1.54) is 32.1 Å². The largest absolute Gasteiger partial charge is 0.353 e. The molecule has 19 heavy (non-hydrogen) atoms. The van der Waals surface area contributed by atoms with E-state index < -0.39 is 0 Å². The van der Waals surface area contributed by atoms with E-state index in [2.05, 4.69) is 31.2 Å². The molecule has 0 aromatic carbocycles. The van der Waals surface area contributed by atoms with Crippen molar-refractivity contribution < 1.29 is 9.47 Å². The summed E-state index contributed by atoms with van der Waals surface area (Å²) in [6, 6.07) is 0. The van der Waals surface area contributed by atoms with E-state index in [0.717, 1.165) is 26.1 Å². The number of unbranched alkanes of at least 4 members (excludes halogenated alkanes) is 4. The summed E-state index contributed by atoms with van der Waals surface area (Å²) in [5, 5.41) is 0. The fourth-order valence-corrected chi connectivity index (χ4v) is 1.90. The number of ether oxygens (including phenoxy) is 2. The normalized spacial score (nSPS) is 12.2. The highest BCUT2D eigenvalue weighted by Gasteiger charge is 2.06. The first-order valence-corrected chi connectivity index (χ1v) is 7.89. The third-order valence-corrected chi connectivity index (χ3v) is 2.88. The summed E-state index contributed by atoms with van der Waals surface area (Å²) in [6.07, 6.45) is 17.1. The van der Waals surface area contributed by atoms with Crippen LogP contribution in [-0.2, 0) is 9.47 Å². The molecule has 0 rings (SSSR count). The fraction of sp³-hybridized carbons (Fsp3) is 0.765. The molecule has 0 spiro atoms. The van der Waals surface area contributed by atoms with Gasteiger partial charge in [0.2, 0.25) is 0 Å². The summed E-state index contributed by atoms with van der Waals surface area (Å²) < 4.78 is 11.0. The molecule has 0 N–H and O–H groups in total. The van der Waals surface area contributed by atoms with Crippen molar-refractivity contribution >= 4 is 0 Å². The predicted molar refractivity (Wildman–Crippen MR) is 83.3 cm³/mol. The van der Waals surface area contributed by atoms with Gasteiger partial charge in [-0.3, -0.25) is 0 Å². The Morgan fingerprint density at radius 1 is 0.789 bits per heavy atom. The van der Waals surface area contributed by atoms with Crippen molar-refractivity contribution in [2.75, 3.05) is 13.2 Å². The monoisotopic (exact) mass is 268 g/mol. The average Bonchev–Trinajstić information content (AvgIpc) is 2.41. The average molecular weight is 268 g/mol. The minimum Gasteiger partial charge on any atom is -0.353 e. The van der Waals surface area contributed by atoms with E-state index in [4.69, 9.17) is 9.47 Å². The highest BCUT2D eigenvalue weighted by molar-refractivity contribution is 5.01. The molecule has 2 nitrogen and oxygen atoms in total. The van der Waals surface area contributed by atoms with Crippen LogP contribution < -0.4 is 0 Å². The zero-order valence-corrected chi connectivity index (χ0v) is 13.1. The zero-order chi connectivity index (χ0) is 14.2. The van der Waals surface area contributed by atoms with Gasteiger partial charge in [-0.1, -0.05) is 44.1 Å². The van der Waals surface area contributed by atoms with E-state index >= 15 is 0 Å². The molecule has 0 fully saturated rings. The maximum atomic E-state index is 5.52. The molecule has 0 heterocycles. The fourth-order valence-electron chi connectivity index (χ4n) is 1.90.